The highest BCUT2D eigenvalue weighted by Crippen LogP contribution is 2.60. The van der Waals surface area contributed by atoms with E-state index in [1.54, 1.807) is 0 Å². The van der Waals surface area contributed by atoms with Crippen molar-refractivity contribution < 1.29 is 14.4 Å². The molecule has 0 bridgehead atoms. The highest BCUT2D eigenvalue weighted by atomic mass is 35.5. The molecule has 3 aromatic rings. The van der Waals surface area contributed by atoms with Gasteiger partial charge in [0.15, 0.2) is 11.3 Å². The summed E-state index contributed by atoms with van der Waals surface area (Å²) in [5.74, 6) is -1.73. The van der Waals surface area contributed by atoms with Crippen LogP contribution < -0.4 is 5.32 Å². The average molecular weight is 541 g/mol. The monoisotopic (exact) mass is 540 g/mol. The number of fused-ring (bicyclic) bond motifs is 2. The van der Waals surface area contributed by atoms with E-state index in [0.29, 0.717) is 28.3 Å². The maximum atomic E-state index is 14.7. The number of likely N-dealkylation sites (tertiary alicyclic amines) is 1. The van der Waals surface area contributed by atoms with Crippen molar-refractivity contribution in [2.24, 2.45) is 11.8 Å². The van der Waals surface area contributed by atoms with Gasteiger partial charge in [-0.3, -0.25) is 14.4 Å². The third-order valence-corrected chi connectivity index (χ3v) is 9.24. The number of Topliss-reactive ketones (excluding diaryl/α,β-unsaturated/α-hetero) is 1. The van der Waals surface area contributed by atoms with Gasteiger partial charge in [-0.15, -0.1) is 0 Å². The van der Waals surface area contributed by atoms with Gasteiger partial charge in [0.1, 0.15) is 0 Å². The summed E-state index contributed by atoms with van der Waals surface area (Å²) >= 11 is 6.29. The van der Waals surface area contributed by atoms with Crippen molar-refractivity contribution in [3.8, 4) is 0 Å². The van der Waals surface area contributed by atoms with Gasteiger partial charge in [-0.1, -0.05) is 98.5 Å². The van der Waals surface area contributed by atoms with Gasteiger partial charge in [-0.2, -0.15) is 0 Å². The van der Waals surface area contributed by atoms with E-state index in [2.05, 4.69) is 12.2 Å². The van der Waals surface area contributed by atoms with Crippen LogP contribution in [0.5, 0.6) is 0 Å². The number of hydrogen-bond donors (Lipinski definition) is 1. The lowest BCUT2D eigenvalue weighted by molar-refractivity contribution is -0.149. The zero-order valence-corrected chi connectivity index (χ0v) is 22.9. The molecule has 3 aromatic carbocycles. The van der Waals surface area contributed by atoms with Gasteiger partial charge in [0.2, 0.25) is 5.91 Å². The summed E-state index contributed by atoms with van der Waals surface area (Å²) < 4.78 is 0. The summed E-state index contributed by atoms with van der Waals surface area (Å²) in [6, 6.07) is 24.0. The maximum Gasteiger partial charge on any atom is 0.255 e. The Labute approximate surface area is 234 Å². The second-order valence-electron chi connectivity index (χ2n) is 11.1. The molecule has 1 N–H and O–H groups in total. The minimum atomic E-state index is -1.44. The summed E-state index contributed by atoms with van der Waals surface area (Å²) in [5.41, 5.74) is 1.42. The lowest BCUT2D eigenvalue weighted by Crippen LogP contribution is -2.57. The third-order valence-electron chi connectivity index (χ3n) is 8.99. The van der Waals surface area contributed by atoms with E-state index in [1.807, 2.05) is 83.8 Å². The molecule has 2 amide bonds. The molecule has 6 rings (SSSR count). The van der Waals surface area contributed by atoms with Crippen LogP contribution in [0.25, 0.3) is 0 Å². The van der Waals surface area contributed by atoms with Crippen LogP contribution in [-0.2, 0) is 15.1 Å². The predicted molar refractivity (Wildman–Crippen MR) is 153 cm³/mol. The van der Waals surface area contributed by atoms with Crippen molar-refractivity contribution >= 4 is 34.9 Å². The van der Waals surface area contributed by atoms with Gasteiger partial charge >= 0.3 is 0 Å². The molecule has 0 radical (unpaired) electrons. The molecule has 1 aliphatic carbocycles. The first-order valence-electron chi connectivity index (χ1n) is 14.1. The normalized spacial score (nSPS) is 26.2. The van der Waals surface area contributed by atoms with Crippen molar-refractivity contribution in [1.82, 2.24) is 4.90 Å². The van der Waals surface area contributed by atoms with Crippen LogP contribution in [0.4, 0.5) is 5.69 Å². The first kappa shape index (κ1) is 25.8. The minimum absolute atomic E-state index is 0.000119. The number of amides is 2. The lowest BCUT2D eigenvalue weighted by Gasteiger charge is -2.40. The topological polar surface area (TPSA) is 66.5 Å². The van der Waals surface area contributed by atoms with Crippen molar-refractivity contribution in [1.29, 1.82) is 0 Å². The van der Waals surface area contributed by atoms with Gasteiger partial charge in [-0.25, -0.2) is 0 Å². The standard InChI is InChI=1S/C33H33ClN2O3/c1-2-10-27-28(21-17-19-24(34)20-18-21)29(30(37)22-11-4-3-5-12-22)33(36(27)31(38)23-13-6-7-14-23)25-15-8-9-16-26(25)35-32(33)39/h3-5,8-9,11-12,15-20,23,27-29H,2,6-7,10,13-14H2,1H3,(H,35,39). The van der Waals surface area contributed by atoms with Crippen LogP contribution in [0.3, 0.4) is 0 Å². The van der Waals surface area contributed by atoms with E-state index in [4.69, 9.17) is 11.6 Å². The van der Waals surface area contributed by atoms with Crippen LogP contribution in [-0.4, -0.2) is 28.5 Å². The summed E-state index contributed by atoms with van der Waals surface area (Å²) in [6.07, 6.45) is 5.14. The second kappa shape index (κ2) is 10.3. The molecule has 2 fully saturated rings. The molecular weight excluding hydrogens is 508 g/mol. The molecule has 2 heterocycles. The van der Waals surface area contributed by atoms with E-state index in [-0.39, 0.29) is 35.5 Å². The molecule has 39 heavy (non-hydrogen) atoms. The molecule has 3 aliphatic rings. The number of carbonyl (C=O) groups excluding carboxylic acids is 3. The Morgan fingerprint density at radius 3 is 2.31 bits per heavy atom. The fraction of sp³-hybridized carbons (Fsp3) is 0.364. The Kier molecular flexibility index (Phi) is 6.80. The van der Waals surface area contributed by atoms with E-state index in [0.717, 1.165) is 37.7 Å². The molecule has 1 saturated heterocycles. The van der Waals surface area contributed by atoms with Crippen molar-refractivity contribution in [2.45, 2.75) is 62.9 Å². The van der Waals surface area contributed by atoms with Gasteiger partial charge < -0.3 is 10.2 Å². The summed E-state index contributed by atoms with van der Waals surface area (Å²) in [7, 11) is 0. The molecule has 4 unspecified atom stereocenters. The number of anilines is 1. The predicted octanol–water partition coefficient (Wildman–Crippen LogP) is 6.97. The van der Waals surface area contributed by atoms with Gasteiger partial charge in [0.25, 0.3) is 5.91 Å². The molecule has 200 valence electrons. The van der Waals surface area contributed by atoms with Crippen molar-refractivity contribution in [3.63, 3.8) is 0 Å². The molecule has 6 heteroatoms. The number of carbonyl (C=O) groups is 3. The Morgan fingerprint density at radius 2 is 1.62 bits per heavy atom. The molecule has 4 atom stereocenters. The van der Waals surface area contributed by atoms with Crippen LogP contribution in [0.2, 0.25) is 5.02 Å². The summed E-state index contributed by atoms with van der Waals surface area (Å²) in [6.45, 7) is 2.10. The van der Waals surface area contributed by atoms with Crippen molar-refractivity contribution in [2.75, 3.05) is 5.32 Å². The van der Waals surface area contributed by atoms with E-state index in [1.165, 1.54) is 0 Å². The third kappa shape index (κ3) is 4.01. The number of benzene rings is 3. The SMILES string of the molecule is CCCC1C(c2ccc(Cl)cc2)C(C(=O)c2ccccc2)C2(C(=O)Nc3ccccc32)N1C(=O)C1CCCC1. The second-order valence-corrected chi connectivity index (χ2v) is 11.5. The quantitative estimate of drug-likeness (QED) is 0.343. The highest BCUT2D eigenvalue weighted by molar-refractivity contribution is 6.30. The zero-order valence-electron chi connectivity index (χ0n) is 22.1. The van der Waals surface area contributed by atoms with Crippen molar-refractivity contribution in [3.05, 3.63) is 101 Å². The molecule has 0 aromatic heterocycles. The molecule has 1 saturated carbocycles. The number of halogens is 1. The van der Waals surface area contributed by atoms with E-state index < -0.39 is 11.5 Å². The van der Waals surface area contributed by atoms with E-state index >= 15 is 0 Å². The minimum Gasteiger partial charge on any atom is -0.323 e. The molecule has 5 nitrogen and oxygen atoms in total. The fourth-order valence-corrected chi connectivity index (χ4v) is 7.54. The Morgan fingerprint density at radius 1 is 0.949 bits per heavy atom. The smallest absolute Gasteiger partial charge is 0.255 e. The Bertz CT molecular complexity index is 1400. The van der Waals surface area contributed by atoms with Crippen LogP contribution in [0.15, 0.2) is 78.9 Å². The highest BCUT2D eigenvalue weighted by Gasteiger charge is 2.70. The number of nitrogens with zero attached hydrogens (tertiary/aromatic N) is 1. The number of nitrogens with one attached hydrogen (secondary N) is 1. The number of rotatable bonds is 6. The Hall–Kier alpha value is -3.44. The van der Waals surface area contributed by atoms with Gasteiger partial charge in [0.05, 0.1) is 5.92 Å². The molecular formula is C33H33ClN2O3. The first-order chi connectivity index (χ1) is 19.0. The van der Waals surface area contributed by atoms with Crippen LogP contribution in [0.1, 0.15) is 72.9 Å². The van der Waals surface area contributed by atoms with Gasteiger partial charge in [-0.05, 0) is 43.0 Å². The fourth-order valence-electron chi connectivity index (χ4n) is 7.41. The van der Waals surface area contributed by atoms with E-state index in [9.17, 15) is 14.4 Å². The van der Waals surface area contributed by atoms with Crippen LogP contribution >= 0.6 is 11.6 Å². The maximum absolute atomic E-state index is 14.7. The molecule has 2 aliphatic heterocycles. The largest absolute Gasteiger partial charge is 0.323 e. The van der Waals surface area contributed by atoms with Gasteiger partial charge in [0, 0.05) is 39.7 Å². The summed E-state index contributed by atoms with van der Waals surface area (Å²) in [5, 5.41) is 3.68. The first-order valence-corrected chi connectivity index (χ1v) is 14.4. The number of para-hydroxylation sites is 1. The average Bonchev–Trinajstić information content (AvgIpc) is 3.66. The molecule has 1 spiro atoms. The van der Waals surface area contributed by atoms with Crippen LogP contribution in [0, 0.1) is 11.8 Å². The Balaban J connectivity index is 1.65. The number of hydrogen-bond acceptors (Lipinski definition) is 3. The lowest BCUT2D eigenvalue weighted by atomic mass is 9.69. The zero-order chi connectivity index (χ0) is 27.1. The summed E-state index contributed by atoms with van der Waals surface area (Å²) in [4.78, 5) is 45.6. The number of ketones is 1.